The van der Waals surface area contributed by atoms with E-state index in [9.17, 15) is 9.59 Å². The van der Waals surface area contributed by atoms with Crippen LogP contribution in [-0.4, -0.2) is 25.0 Å². The van der Waals surface area contributed by atoms with Crippen LogP contribution in [0.2, 0.25) is 0 Å². The van der Waals surface area contributed by atoms with Gasteiger partial charge in [0.15, 0.2) is 0 Å². The molecular formula is C14H21N3O3. The van der Waals surface area contributed by atoms with Gasteiger partial charge in [-0.3, -0.25) is 4.79 Å². The van der Waals surface area contributed by atoms with E-state index in [0.29, 0.717) is 23.4 Å². The Hall–Kier alpha value is -2.08. The molecule has 0 saturated heterocycles. The van der Waals surface area contributed by atoms with Gasteiger partial charge in [0.2, 0.25) is 5.91 Å². The number of rotatable bonds is 6. The van der Waals surface area contributed by atoms with Crippen molar-refractivity contribution in [3.63, 3.8) is 0 Å². The number of anilines is 2. The summed E-state index contributed by atoms with van der Waals surface area (Å²) in [4.78, 5) is 23.4. The van der Waals surface area contributed by atoms with E-state index in [1.165, 1.54) is 19.2 Å². The second kappa shape index (κ2) is 7.49. The number of hydrogen-bond acceptors (Lipinski definition) is 5. The molecule has 0 radical (unpaired) electrons. The van der Waals surface area contributed by atoms with Crippen LogP contribution < -0.4 is 16.8 Å². The summed E-state index contributed by atoms with van der Waals surface area (Å²) in [7, 11) is 1.29. The number of amides is 1. The number of nitrogens with one attached hydrogen (secondary N) is 1. The Labute approximate surface area is 118 Å². The van der Waals surface area contributed by atoms with E-state index >= 15 is 0 Å². The first kappa shape index (κ1) is 16.0. The van der Waals surface area contributed by atoms with E-state index < -0.39 is 12.0 Å². The van der Waals surface area contributed by atoms with Gasteiger partial charge >= 0.3 is 5.97 Å². The van der Waals surface area contributed by atoms with E-state index in [4.69, 9.17) is 11.5 Å². The Morgan fingerprint density at radius 2 is 2.10 bits per heavy atom. The third-order valence-electron chi connectivity index (χ3n) is 2.94. The highest BCUT2D eigenvalue weighted by molar-refractivity contribution is 5.99. The number of carbonyl (C=O) groups excluding carboxylic acids is 2. The average molecular weight is 279 g/mol. The fraction of sp³-hybridized carbons (Fsp3) is 0.429. The monoisotopic (exact) mass is 279 g/mol. The number of methoxy groups -OCH3 is 1. The molecule has 0 heterocycles. The summed E-state index contributed by atoms with van der Waals surface area (Å²) in [5.74, 6) is -0.803. The second-order valence-corrected chi connectivity index (χ2v) is 4.53. The normalized spacial score (nSPS) is 11.8. The molecule has 0 aliphatic rings. The fourth-order valence-electron chi connectivity index (χ4n) is 1.69. The quantitative estimate of drug-likeness (QED) is 0.540. The number of ether oxygens (including phenoxy) is 1. The fourth-order valence-corrected chi connectivity index (χ4v) is 1.69. The molecule has 0 aromatic heterocycles. The molecule has 0 aliphatic heterocycles. The molecule has 1 amide bonds. The third kappa shape index (κ3) is 4.24. The van der Waals surface area contributed by atoms with E-state index in [-0.39, 0.29) is 5.91 Å². The number of nitrogen functional groups attached to an aromatic ring is 1. The Bertz CT molecular complexity index is 489. The molecule has 0 spiro atoms. The minimum Gasteiger partial charge on any atom is -0.465 e. The smallest absolute Gasteiger partial charge is 0.337 e. The topological polar surface area (TPSA) is 107 Å². The molecule has 110 valence electrons. The van der Waals surface area contributed by atoms with Crippen LogP contribution in [0.25, 0.3) is 0 Å². The molecule has 20 heavy (non-hydrogen) atoms. The summed E-state index contributed by atoms with van der Waals surface area (Å²) in [6.45, 7) is 2.03. The van der Waals surface area contributed by atoms with Crippen LogP contribution in [0.5, 0.6) is 0 Å². The van der Waals surface area contributed by atoms with Crippen molar-refractivity contribution in [3.8, 4) is 0 Å². The maximum atomic E-state index is 11.9. The van der Waals surface area contributed by atoms with Crippen LogP contribution in [0.1, 0.15) is 36.5 Å². The number of nitrogens with two attached hydrogens (primary N) is 2. The lowest BCUT2D eigenvalue weighted by molar-refractivity contribution is -0.117. The summed E-state index contributed by atoms with van der Waals surface area (Å²) in [6, 6.07) is 3.97. The molecule has 0 bridgehead atoms. The highest BCUT2D eigenvalue weighted by atomic mass is 16.5. The molecule has 5 N–H and O–H groups in total. The maximum absolute atomic E-state index is 11.9. The Kier molecular flexibility index (Phi) is 5.99. The Morgan fingerprint density at radius 3 is 2.70 bits per heavy atom. The van der Waals surface area contributed by atoms with Crippen molar-refractivity contribution in [2.24, 2.45) is 5.73 Å². The molecule has 6 nitrogen and oxygen atoms in total. The summed E-state index contributed by atoms with van der Waals surface area (Å²) in [5, 5.41) is 2.64. The van der Waals surface area contributed by atoms with Crippen molar-refractivity contribution >= 4 is 23.3 Å². The van der Waals surface area contributed by atoms with Gasteiger partial charge in [0.05, 0.1) is 30.1 Å². The van der Waals surface area contributed by atoms with Crippen molar-refractivity contribution < 1.29 is 14.3 Å². The van der Waals surface area contributed by atoms with Crippen molar-refractivity contribution in [1.82, 2.24) is 0 Å². The zero-order chi connectivity index (χ0) is 15.1. The van der Waals surface area contributed by atoms with Gasteiger partial charge in [-0.1, -0.05) is 19.8 Å². The molecule has 0 aliphatic carbocycles. The highest BCUT2D eigenvalue weighted by Crippen LogP contribution is 2.21. The zero-order valence-electron chi connectivity index (χ0n) is 11.8. The first-order chi connectivity index (χ1) is 9.49. The minimum atomic E-state index is -0.587. The van der Waals surface area contributed by atoms with Crippen molar-refractivity contribution in [1.29, 1.82) is 0 Å². The first-order valence-corrected chi connectivity index (χ1v) is 6.53. The van der Waals surface area contributed by atoms with Gasteiger partial charge in [-0.25, -0.2) is 4.79 Å². The molecule has 6 heteroatoms. The molecule has 0 fully saturated rings. The van der Waals surface area contributed by atoms with Gasteiger partial charge in [0.1, 0.15) is 0 Å². The SMILES string of the molecule is CCCC[C@H](N)C(=O)Nc1cc(C(=O)OC)ccc1N. The van der Waals surface area contributed by atoms with E-state index in [1.807, 2.05) is 6.92 Å². The summed E-state index contributed by atoms with van der Waals surface area (Å²) >= 11 is 0. The van der Waals surface area contributed by atoms with Crippen LogP contribution in [0, 0.1) is 0 Å². The van der Waals surface area contributed by atoms with Gasteiger partial charge in [-0.2, -0.15) is 0 Å². The van der Waals surface area contributed by atoms with Crippen molar-refractivity contribution in [3.05, 3.63) is 23.8 Å². The molecule has 1 atom stereocenters. The first-order valence-electron chi connectivity index (χ1n) is 6.53. The highest BCUT2D eigenvalue weighted by Gasteiger charge is 2.15. The van der Waals surface area contributed by atoms with E-state index in [1.54, 1.807) is 6.07 Å². The lowest BCUT2D eigenvalue weighted by Gasteiger charge is -2.14. The van der Waals surface area contributed by atoms with Crippen LogP contribution in [-0.2, 0) is 9.53 Å². The van der Waals surface area contributed by atoms with E-state index in [0.717, 1.165) is 12.8 Å². The summed E-state index contributed by atoms with van der Waals surface area (Å²) in [6.07, 6.45) is 2.46. The minimum absolute atomic E-state index is 0.313. The third-order valence-corrected chi connectivity index (χ3v) is 2.94. The number of benzene rings is 1. The van der Waals surface area contributed by atoms with E-state index in [2.05, 4.69) is 10.1 Å². The van der Waals surface area contributed by atoms with Gasteiger partial charge in [0, 0.05) is 0 Å². The van der Waals surface area contributed by atoms with Crippen molar-refractivity contribution in [2.75, 3.05) is 18.2 Å². The zero-order valence-corrected chi connectivity index (χ0v) is 11.8. The second-order valence-electron chi connectivity index (χ2n) is 4.53. The molecular weight excluding hydrogens is 258 g/mol. The molecule has 1 aromatic carbocycles. The van der Waals surface area contributed by atoms with Crippen LogP contribution in [0.3, 0.4) is 0 Å². The standard InChI is InChI=1S/C14H21N3O3/c1-3-4-5-11(16)13(18)17-12-8-9(14(19)20-2)6-7-10(12)15/h6-8,11H,3-5,15-16H2,1-2H3,(H,17,18)/t11-/m0/s1. The predicted octanol–water partition coefficient (Wildman–Crippen LogP) is 1.51. The molecule has 0 unspecified atom stereocenters. The van der Waals surface area contributed by atoms with Gasteiger partial charge in [-0.15, -0.1) is 0 Å². The maximum Gasteiger partial charge on any atom is 0.337 e. The van der Waals surface area contributed by atoms with Crippen LogP contribution in [0.15, 0.2) is 18.2 Å². The van der Waals surface area contributed by atoms with Gasteiger partial charge in [0.25, 0.3) is 0 Å². The van der Waals surface area contributed by atoms with Gasteiger partial charge in [-0.05, 0) is 24.6 Å². The molecule has 0 saturated carbocycles. The lowest BCUT2D eigenvalue weighted by Crippen LogP contribution is -2.35. The lowest BCUT2D eigenvalue weighted by atomic mass is 10.1. The van der Waals surface area contributed by atoms with Crippen LogP contribution >= 0.6 is 0 Å². The predicted molar refractivity (Wildman–Crippen MR) is 78.3 cm³/mol. The summed E-state index contributed by atoms with van der Waals surface area (Å²) in [5.41, 5.74) is 12.6. The largest absolute Gasteiger partial charge is 0.465 e. The Morgan fingerprint density at radius 1 is 1.40 bits per heavy atom. The van der Waals surface area contributed by atoms with Gasteiger partial charge < -0.3 is 21.5 Å². The van der Waals surface area contributed by atoms with Crippen LogP contribution in [0.4, 0.5) is 11.4 Å². The Balaban J connectivity index is 2.80. The van der Waals surface area contributed by atoms with Crippen molar-refractivity contribution in [2.45, 2.75) is 32.2 Å². The number of unbranched alkanes of at least 4 members (excludes halogenated alkanes) is 1. The average Bonchev–Trinajstić information content (AvgIpc) is 2.45. The molecule has 1 rings (SSSR count). The summed E-state index contributed by atoms with van der Waals surface area (Å²) < 4.78 is 4.62. The number of carbonyl (C=O) groups is 2. The molecule has 1 aromatic rings. The number of esters is 1. The number of hydrogen-bond donors (Lipinski definition) is 3.